The summed E-state index contributed by atoms with van der Waals surface area (Å²) in [5.74, 6) is 0.468. The quantitative estimate of drug-likeness (QED) is 0.259. The van der Waals surface area contributed by atoms with Crippen molar-refractivity contribution in [2.75, 3.05) is 37.9 Å². The molecule has 2 aromatic carbocycles. The molecule has 5 aromatic rings. The van der Waals surface area contributed by atoms with E-state index in [0.29, 0.717) is 35.2 Å². The third-order valence-corrected chi connectivity index (χ3v) is 8.49. The van der Waals surface area contributed by atoms with Gasteiger partial charge in [-0.3, -0.25) is 14.5 Å². The molecule has 3 aromatic heterocycles. The number of carbonyl (C=O) groups excluding carboxylic acids is 2. The van der Waals surface area contributed by atoms with Crippen molar-refractivity contribution in [1.82, 2.24) is 19.8 Å². The molecule has 0 unspecified atom stereocenters. The Morgan fingerprint density at radius 1 is 1.10 bits per heavy atom. The van der Waals surface area contributed by atoms with E-state index in [1.54, 1.807) is 13.3 Å². The third-order valence-electron chi connectivity index (χ3n) is 7.48. The van der Waals surface area contributed by atoms with Crippen LogP contribution in [0.3, 0.4) is 0 Å². The first-order valence-electron chi connectivity index (χ1n) is 13.1. The maximum Gasteiger partial charge on any atom is 0.272 e. The lowest BCUT2D eigenvalue weighted by molar-refractivity contribution is 0.0930. The molecule has 6 rings (SSSR count). The number of fused-ring (bicyclic) bond motifs is 2. The van der Waals surface area contributed by atoms with Gasteiger partial charge in [0.15, 0.2) is 0 Å². The van der Waals surface area contributed by atoms with Crippen molar-refractivity contribution in [3.05, 3.63) is 71.4 Å². The molecule has 2 amide bonds. The lowest BCUT2D eigenvalue weighted by Gasteiger charge is -2.15. The van der Waals surface area contributed by atoms with Crippen molar-refractivity contribution in [1.29, 1.82) is 0 Å². The molecule has 4 heterocycles. The number of thiophene rings is 1. The van der Waals surface area contributed by atoms with Gasteiger partial charge in [0.25, 0.3) is 11.8 Å². The second-order valence-electron chi connectivity index (χ2n) is 9.92. The average Bonchev–Trinajstić information content (AvgIpc) is 3.72. The Bertz CT molecular complexity index is 1750. The number of carbonyl (C=O) groups is 2. The number of likely N-dealkylation sites (tertiary alicyclic amines) is 1. The van der Waals surface area contributed by atoms with E-state index in [1.807, 2.05) is 65.5 Å². The first kappa shape index (κ1) is 25.8. The Labute approximate surface area is 235 Å². The van der Waals surface area contributed by atoms with Gasteiger partial charge in [0.1, 0.15) is 17.3 Å². The number of ether oxygens (including phenoxy) is 1. The van der Waals surface area contributed by atoms with E-state index in [1.165, 1.54) is 11.3 Å². The lowest BCUT2D eigenvalue weighted by Crippen LogP contribution is -2.35. The number of aryl methyl sites for hydroxylation is 1. The first-order chi connectivity index (χ1) is 19.4. The number of benzene rings is 2. The van der Waals surface area contributed by atoms with Crippen LogP contribution in [0.1, 0.15) is 33.7 Å². The molecule has 1 aliphatic heterocycles. The zero-order valence-corrected chi connectivity index (χ0v) is 23.2. The fraction of sp³-hybridized carbons (Fsp3) is 0.233. The highest BCUT2D eigenvalue weighted by atomic mass is 32.1. The van der Waals surface area contributed by atoms with Gasteiger partial charge in [-0.05, 0) is 61.1 Å². The fourth-order valence-corrected chi connectivity index (χ4v) is 6.41. The molecular formula is C30H30N6O3S. The van der Waals surface area contributed by atoms with Crippen LogP contribution in [-0.2, 0) is 7.05 Å². The van der Waals surface area contributed by atoms with Crippen molar-refractivity contribution >= 4 is 55.6 Å². The van der Waals surface area contributed by atoms with Gasteiger partial charge in [-0.1, -0.05) is 24.3 Å². The number of nitrogens with one attached hydrogen (secondary N) is 2. The van der Waals surface area contributed by atoms with E-state index in [-0.39, 0.29) is 11.8 Å². The number of hydrogen-bond donors (Lipinski definition) is 3. The molecule has 1 saturated heterocycles. The molecule has 9 nitrogen and oxygen atoms in total. The van der Waals surface area contributed by atoms with Gasteiger partial charge >= 0.3 is 0 Å². The van der Waals surface area contributed by atoms with Crippen LogP contribution in [0, 0.1) is 0 Å². The molecule has 0 spiro atoms. The number of nitrogens with two attached hydrogens (primary N) is 1. The summed E-state index contributed by atoms with van der Waals surface area (Å²) in [5.41, 5.74) is 10.6. The Morgan fingerprint density at radius 3 is 2.67 bits per heavy atom. The molecule has 0 atom stereocenters. The number of aromatic nitrogens is 2. The molecular weight excluding hydrogens is 524 g/mol. The van der Waals surface area contributed by atoms with Gasteiger partial charge in [0, 0.05) is 35.1 Å². The minimum atomic E-state index is -0.233. The van der Waals surface area contributed by atoms with Crippen molar-refractivity contribution in [2.45, 2.75) is 12.8 Å². The number of rotatable bonds is 7. The predicted molar refractivity (Wildman–Crippen MR) is 160 cm³/mol. The van der Waals surface area contributed by atoms with Crippen LogP contribution >= 0.6 is 11.3 Å². The largest absolute Gasteiger partial charge is 0.495 e. The van der Waals surface area contributed by atoms with E-state index in [9.17, 15) is 9.59 Å². The van der Waals surface area contributed by atoms with E-state index in [0.717, 1.165) is 58.0 Å². The Kier molecular flexibility index (Phi) is 6.87. The Morgan fingerprint density at radius 2 is 1.90 bits per heavy atom. The summed E-state index contributed by atoms with van der Waals surface area (Å²) in [4.78, 5) is 32.8. The summed E-state index contributed by atoms with van der Waals surface area (Å²) in [6.45, 7) is 2.52. The van der Waals surface area contributed by atoms with Gasteiger partial charge < -0.3 is 25.7 Å². The molecule has 1 fully saturated rings. The summed E-state index contributed by atoms with van der Waals surface area (Å²) in [7, 11) is 3.44. The van der Waals surface area contributed by atoms with Crippen LogP contribution < -0.4 is 21.1 Å². The van der Waals surface area contributed by atoms with Crippen molar-refractivity contribution in [2.24, 2.45) is 7.05 Å². The van der Waals surface area contributed by atoms with Crippen molar-refractivity contribution in [3.8, 4) is 16.9 Å². The monoisotopic (exact) mass is 554 g/mol. The van der Waals surface area contributed by atoms with Crippen LogP contribution in [0.4, 0.5) is 11.5 Å². The third kappa shape index (κ3) is 4.65. The smallest absolute Gasteiger partial charge is 0.272 e. The second-order valence-corrected chi connectivity index (χ2v) is 10.8. The van der Waals surface area contributed by atoms with Crippen molar-refractivity contribution in [3.63, 3.8) is 0 Å². The van der Waals surface area contributed by atoms with E-state index in [4.69, 9.17) is 10.5 Å². The van der Waals surface area contributed by atoms with Crippen LogP contribution in [0.5, 0.6) is 5.75 Å². The van der Waals surface area contributed by atoms with Crippen LogP contribution in [-0.4, -0.2) is 53.1 Å². The van der Waals surface area contributed by atoms with Crippen LogP contribution in [0.15, 0.2) is 60.1 Å². The van der Waals surface area contributed by atoms with E-state index in [2.05, 4.69) is 20.5 Å². The maximum absolute atomic E-state index is 13.2. The normalized spacial score (nSPS) is 13.7. The van der Waals surface area contributed by atoms with Crippen LogP contribution in [0.25, 0.3) is 32.1 Å². The van der Waals surface area contributed by atoms with Crippen molar-refractivity contribution < 1.29 is 14.3 Å². The molecule has 0 saturated carbocycles. The van der Waals surface area contributed by atoms with Gasteiger partial charge in [0.2, 0.25) is 0 Å². The number of methoxy groups -OCH3 is 1. The Hall–Kier alpha value is -4.41. The summed E-state index contributed by atoms with van der Waals surface area (Å²) >= 11 is 1.46. The SMILES string of the molecule is COc1cc(-c2csc3c(C(=O)NCN4CCCC4)cnc(N)c23)ccc1NC(=O)c1cc2ccccc2n1C. The highest BCUT2D eigenvalue weighted by Gasteiger charge is 2.21. The number of pyridine rings is 1. The van der Waals surface area contributed by atoms with Crippen LogP contribution in [0.2, 0.25) is 0 Å². The van der Waals surface area contributed by atoms with Gasteiger partial charge in [0.05, 0.1) is 29.7 Å². The highest BCUT2D eigenvalue weighted by Crippen LogP contribution is 2.41. The zero-order valence-electron chi connectivity index (χ0n) is 22.4. The summed E-state index contributed by atoms with van der Waals surface area (Å²) in [6.07, 6.45) is 3.86. The van der Waals surface area contributed by atoms with E-state index >= 15 is 0 Å². The van der Waals surface area contributed by atoms with Gasteiger partial charge in [-0.25, -0.2) is 4.98 Å². The number of amides is 2. The minimum Gasteiger partial charge on any atom is -0.495 e. The number of nitrogen functional groups attached to an aromatic ring is 1. The summed E-state index contributed by atoms with van der Waals surface area (Å²) < 4.78 is 8.32. The second kappa shape index (κ2) is 10.6. The fourth-order valence-electron chi connectivity index (χ4n) is 5.32. The topological polar surface area (TPSA) is 115 Å². The predicted octanol–water partition coefficient (Wildman–Crippen LogP) is 5.08. The van der Waals surface area contributed by atoms with Gasteiger partial charge in [-0.15, -0.1) is 11.3 Å². The number of para-hydroxylation sites is 1. The zero-order chi connectivity index (χ0) is 27.8. The number of nitrogens with zero attached hydrogens (tertiary/aromatic N) is 3. The van der Waals surface area contributed by atoms with E-state index < -0.39 is 0 Å². The molecule has 1 aliphatic rings. The maximum atomic E-state index is 13.2. The summed E-state index contributed by atoms with van der Waals surface area (Å²) in [6, 6.07) is 15.3. The first-order valence-corrected chi connectivity index (χ1v) is 14.0. The standard InChI is InChI=1S/C30H30N6O3S/c1-35-23-8-4-3-7-19(23)13-24(35)30(38)34-22-10-9-18(14-25(22)39-2)21-16-40-27-20(15-32-28(31)26(21)27)29(37)33-17-36-11-5-6-12-36/h3-4,7-10,13-16H,5-6,11-12,17H2,1-2H3,(H2,31,32)(H,33,37)(H,34,38). The lowest BCUT2D eigenvalue weighted by atomic mass is 10.0. The molecule has 40 heavy (non-hydrogen) atoms. The molecule has 0 aliphatic carbocycles. The molecule has 204 valence electrons. The minimum absolute atomic E-state index is 0.165. The van der Waals surface area contributed by atoms with Gasteiger partial charge in [-0.2, -0.15) is 0 Å². The molecule has 10 heteroatoms. The summed E-state index contributed by atoms with van der Waals surface area (Å²) in [5, 5.41) is 9.71. The number of hydrogen-bond acceptors (Lipinski definition) is 7. The Balaban J connectivity index is 1.28. The number of anilines is 2. The average molecular weight is 555 g/mol. The highest BCUT2D eigenvalue weighted by molar-refractivity contribution is 7.18. The molecule has 4 N–H and O–H groups in total. The molecule has 0 radical (unpaired) electrons. The molecule has 0 bridgehead atoms.